The SMILES string of the molecule is CC(C)C[C@H](O)[C@H](N)c1cc(F)c(F)c(F)c1. The zero-order valence-corrected chi connectivity index (χ0v) is 9.75. The molecule has 0 heterocycles. The number of hydrogen-bond acceptors (Lipinski definition) is 2. The van der Waals surface area contributed by atoms with Gasteiger partial charge in [0, 0.05) is 0 Å². The van der Waals surface area contributed by atoms with Gasteiger partial charge >= 0.3 is 0 Å². The third kappa shape index (κ3) is 3.44. The Morgan fingerprint density at radius 2 is 1.65 bits per heavy atom. The van der Waals surface area contributed by atoms with Gasteiger partial charge in [-0.25, -0.2) is 13.2 Å². The van der Waals surface area contributed by atoms with E-state index in [-0.39, 0.29) is 11.5 Å². The Bertz CT molecular complexity index is 372. The molecule has 0 saturated heterocycles. The molecule has 2 atom stereocenters. The standard InChI is InChI=1S/C12H16F3NO/c1-6(2)3-10(17)12(16)7-4-8(13)11(15)9(14)5-7/h4-6,10,12,17H,3,16H2,1-2H3/t10-,12+/m0/s1. The van der Waals surface area contributed by atoms with Crippen molar-refractivity contribution in [2.75, 3.05) is 0 Å². The molecule has 0 aromatic heterocycles. The Morgan fingerprint density at radius 1 is 1.18 bits per heavy atom. The normalized spacial score (nSPS) is 15.1. The number of benzene rings is 1. The van der Waals surface area contributed by atoms with E-state index < -0.39 is 29.6 Å². The van der Waals surface area contributed by atoms with Gasteiger partial charge in [-0.1, -0.05) is 13.8 Å². The molecule has 0 spiro atoms. The third-order valence-electron chi connectivity index (χ3n) is 2.52. The van der Waals surface area contributed by atoms with Crippen LogP contribution in [0.25, 0.3) is 0 Å². The lowest BCUT2D eigenvalue weighted by Crippen LogP contribution is -2.27. The molecule has 0 aliphatic heterocycles. The Labute approximate surface area is 98.3 Å². The fraction of sp³-hybridized carbons (Fsp3) is 0.500. The van der Waals surface area contributed by atoms with Crippen LogP contribution in [0, 0.1) is 23.4 Å². The van der Waals surface area contributed by atoms with Crippen molar-refractivity contribution < 1.29 is 18.3 Å². The average Bonchev–Trinajstić information content (AvgIpc) is 2.23. The Kier molecular flexibility index (Phi) is 4.54. The van der Waals surface area contributed by atoms with Gasteiger partial charge in [-0.05, 0) is 30.0 Å². The summed E-state index contributed by atoms with van der Waals surface area (Å²) in [5, 5.41) is 9.73. The molecule has 0 unspecified atom stereocenters. The largest absolute Gasteiger partial charge is 0.391 e. The predicted molar refractivity (Wildman–Crippen MR) is 58.7 cm³/mol. The molecule has 17 heavy (non-hydrogen) atoms. The minimum absolute atomic E-state index is 0.0505. The van der Waals surface area contributed by atoms with Crippen LogP contribution in [0.2, 0.25) is 0 Å². The van der Waals surface area contributed by atoms with Crippen molar-refractivity contribution in [1.29, 1.82) is 0 Å². The molecule has 0 fully saturated rings. The van der Waals surface area contributed by atoms with E-state index in [1.54, 1.807) is 0 Å². The average molecular weight is 247 g/mol. The minimum atomic E-state index is -1.53. The molecule has 1 aromatic rings. The Balaban J connectivity index is 2.92. The maximum Gasteiger partial charge on any atom is 0.194 e. The lowest BCUT2D eigenvalue weighted by atomic mass is 9.95. The van der Waals surface area contributed by atoms with Gasteiger partial charge in [0.25, 0.3) is 0 Å². The summed E-state index contributed by atoms with van der Waals surface area (Å²) in [6, 6.07) is 0.696. The van der Waals surface area contributed by atoms with Crippen LogP contribution in [0.3, 0.4) is 0 Å². The Hall–Kier alpha value is -1.07. The van der Waals surface area contributed by atoms with Gasteiger partial charge in [0.05, 0.1) is 12.1 Å². The van der Waals surface area contributed by atoms with Crippen molar-refractivity contribution in [3.05, 3.63) is 35.1 Å². The molecule has 0 amide bonds. The molecule has 3 N–H and O–H groups in total. The maximum atomic E-state index is 13.0. The summed E-state index contributed by atoms with van der Waals surface area (Å²) in [6.45, 7) is 3.78. The summed E-state index contributed by atoms with van der Waals surface area (Å²) < 4.78 is 38.7. The van der Waals surface area contributed by atoms with Crippen LogP contribution in [0.1, 0.15) is 31.9 Å². The second kappa shape index (κ2) is 5.51. The molecule has 96 valence electrons. The maximum absolute atomic E-state index is 13.0. The first kappa shape index (κ1) is 14.0. The number of rotatable bonds is 4. The number of aliphatic hydroxyl groups excluding tert-OH is 1. The molecule has 1 rings (SSSR count). The summed E-state index contributed by atoms with van der Waals surface area (Å²) in [5.74, 6) is -3.93. The fourth-order valence-electron chi connectivity index (χ4n) is 1.62. The van der Waals surface area contributed by atoms with Crippen LogP contribution in [0.15, 0.2) is 12.1 Å². The monoisotopic (exact) mass is 247 g/mol. The first-order valence-corrected chi connectivity index (χ1v) is 5.41. The zero-order valence-electron chi connectivity index (χ0n) is 9.75. The van der Waals surface area contributed by atoms with E-state index in [0.717, 1.165) is 12.1 Å². The van der Waals surface area contributed by atoms with Gasteiger partial charge < -0.3 is 10.8 Å². The summed E-state index contributed by atoms with van der Waals surface area (Å²) in [5.41, 5.74) is 5.72. The Morgan fingerprint density at radius 3 is 2.06 bits per heavy atom. The highest BCUT2D eigenvalue weighted by Crippen LogP contribution is 2.22. The van der Waals surface area contributed by atoms with Crippen molar-refractivity contribution in [3.63, 3.8) is 0 Å². The number of aliphatic hydroxyl groups is 1. The molecule has 0 bridgehead atoms. The van der Waals surface area contributed by atoms with Gasteiger partial charge in [-0.2, -0.15) is 0 Å². The van der Waals surface area contributed by atoms with Crippen molar-refractivity contribution in [2.45, 2.75) is 32.4 Å². The summed E-state index contributed by atoms with van der Waals surface area (Å²) >= 11 is 0. The van der Waals surface area contributed by atoms with Crippen LogP contribution in [-0.4, -0.2) is 11.2 Å². The van der Waals surface area contributed by atoms with E-state index in [1.807, 2.05) is 13.8 Å². The van der Waals surface area contributed by atoms with Crippen LogP contribution in [0.5, 0.6) is 0 Å². The number of halogens is 3. The highest BCUT2D eigenvalue weighted by Gasteiger charge is 2.21. The second-order valence-electron chi connectivity index (χ2n) is 4.52. The highest BCUT2D eigenvalue weighted by molar-refractivity contribution is 5.23. The van der Waals surface area contributed by atoms with E-state index in [4.69, 9.17) is 5.73 Å². The predicted octanol–water partition coefficient (Wildman–Crippen LogP) is 2.51. The van der Waals surface area contributed by atoms with E-state index >= 15 is 0 Å². The van der Waals surface area contributed by atoms with Gasteiger partial charge in [0.15, 0.2) is 17.5 Å². The summed E-state index contributed by atoms with van der Waals surface area (Å²) in [6.07, 6.45) is -0.513. The quantitative estimate of drug-likeness (QED) is 0.803. The van der Waals surface area contributed by atoms with E-state index in [0.29, 0.717) is 6.42 Å². The lowest BCUT2D eigenvalue weighted by Gasteiger charge is -2.21. The zero-order chi connectivity index (χ0) is 13.2. The molecule has 1 aromatic carbocycles. The van der Waals surface area contributed by atoms with Crippen LogP contribution >= 0.6 is 0 Å². The number of hydrogen-bond donors (Lipinski definition) is 2. The van der Waals surface area contributed by atoms with Crippen LogP contribution < -0.4 is 5.73 Å². The molecule has 2 nitrogen and oxygen atoms in total. The van der Waals surface area contributed by atoms with Crippen LogP contribution in [-0.2, 0) is 0 Å². The molecular weight excluding hydrogens is 231 g/mol. The first-order valence-electron chi connectivity index (χ1n) is 5.41. The fourth-order valence-corrected chi connectivity index (χ4v) is 1.62. The molecule has 0 aliphatic carbocycles. The topological polar surface area (TPSA) is 46.2 Å². The summed E-state index contributed by atoms with van der Waals surface area (Å²) in [7, 11) is 0. The van der Waals surface area contributed by atoms with Gasteiger partial charge in [-0.3, -0.25) is 0 Å². The van der Waals surface area contributed by atoms with Crippen molar-refractivity contribution >= 4 is 0 Å². The first-order chi connectivity index (χ1) is 7.82. The third-order valence-corrected chi connectivity index (χ3v) is 2.52. The highest BCUT2D eigenvalue weighted by atomic mass is 19.2. The second-order valence-corrected chi connectivity index (χ2v) is 4.52. The molecular formula is C12H16F3NO. The smallest absolute Gasteiger partial charge is 0.194 e. The number of nitrogens with two attached hydrogens (primary N) is 1. The summed E-state index contributed by atoms with van der Waals surface area (Å²) in [4.78, 5) is 0. The van der Waals surface area contributed by atoms with Crippen molar-refractivity contribution in [2.24, 2.45) is 11.7 Å². The van der Waals surface area contributed by atoms with Crippen molar-refractivity contribution in [1.82, 2.24) is 0 Å². The molecule has 0 radical (unpaired) electrons. The molecule has 0 aliphatic rings. The molecule has 5 heteroatoms. The van der Waals surface area contributed by atoms with Crippen LogP contribution in [0.4, 0.5) is 13.2 Å². The van der Waals surface area contributed by atoms with Gasteiger partial charge in [0.1, 0.15) is 0 Å². The minimum Gasteiger partial charge on any atom is -0.391 e. The van der Waals surface area contributed by atoms with E-state index in [2.05, 4.69) is 0 Å². The van der Waals surface area contributed by atoms with Gasteiger partial charge in [0.2, 0.25) is 0 Å². The van der Waals surface area contributed by atoms with Crippen molar-refractivity contribution in [3.8, 4) is 0 Å². The van der Waals surface area contributed by atoms with E-state index in [1.165, 1.54) is 0 Å². The molecule has 0 saturated carbocycles. The van der Waals surface area contributed by atoms with E-state index in [9.17, 15) is 18.3 Å². The lowest BCUT2D eigenvalue weighted by molar-refractivity contribution is 0.120. The van der Waals surface area contributed by atoms with Gasteiger partial charge in [-0.15, -0.1) is 0 Å².